The predicted octanol–water partition coefficient (Wildman–Crippen LogP) is 4.31. The van der Waals surface area contributed by atoms with Gasteiger partial charge in [0.2, 0.25) is 0 Å². The molecule has 0 bridgehead atoms. The van der Waals surface area contributed by atoms with Gasteiger partial charge in [0.05, 0.1) is 42.6 Å². The van der Waals surface area contributed by atoms with Gasteiger partial charge in [0.1, 0.15) is 11.6 Å². The van der Waals surface area contributed by atoms with Crippen LogP contribution in [0.3, 0.4) is 0 Å². The van der Waals surface area contributed by atoms with Crippen LogP contribution in [0.25, 0.3) is 16.7 Å². The monoisotopic (exact) mass is 369 g/mol. The topological polar surface area (TPSA) is 101 Å². The second kappa shape index (κ2) is 7.63. The Balaban J connectivity index is 1.79. The second-order valence-electron chi connectivity index (χ2n) is 5.83. The van der Waals surface area contributed by atoms with Crippen molar-refractivity contribution in [3.63, 3.8) is 0 Å². The molecular formula is C20H15N7O. The smallest absolute Gasteiger partial charge is 0.188 e. The van der Waals surface area contributed by atoms with Gasteiger partial charge in [0.25, 0.3) is 0 Å². The van der Waals surface area contributed by atoms with Gasteiger partial charge in [-0.15, -0.1) is 10.2 Å². The fourth-order valence-electron chi connectivity index (χ4n) is 2.68. The normalized spacial score (nSPS) is 11.0. The van der Waals surface area contributed by atoms with Crippen molar-refractivity contribution in [2.45, 2.75) is 6.42 Å². The van der Waals surface area contributed by atoms with Crippen molar-refractivity contribution in [3.8, 4) is 17.5 Å². The number of nitriles is 1. The molecule has 0 N–H and O–H groups in total. The Labute approximate surface area is 160 Å². The number of azo groups is 1. The van der Waals surface area contributed by atoms with Crippen molar-refractivity contribution in [1.29, 1.82) is 5.26 Å². The van der Waals surface area contributed by atoms with Gasteiger partial charge in [-0.25, -0.2) is 14.6 Å². The van der Waals surface area contributed by atoms with Crippen LogP contribution in [0.5, 0.6) is 5.75 Å². The summed E-state index contributed by atoms with van der Waals surface area (Å²) in [6.45, 7) is 0. The molecule has 0 radical (unpaired) electrons. The number of nitrogens with zero attached hydrogens (tertiary/aromatic N) is 7. The van der Waals surface area contributed by atoms with Crippen LogP contribution in [0.1, 0.15) is 5.82 Å². The number of hydrogen-bond acceptors (Lipinski definition) is 7. The summed E-state index contributed by atoms with van der Waals surface area (Å²) in [4.78, 5) is 8.86. The Morgan fingerprint density at radius 2 is 1.82 bits per heavy atom. The number of benzene rings is 2. The summed E-state index contributed by atoms with van der Waals surface area (Å²) in [6, 6.07) is 18.9. The van der Waals surface area contributed by atoms with Gasteiger partial charge in [-0.05, 0) is 36.4 Å². The molecule has 0 aliphatic heterocycles. The van der Waals surface area contributed by atoms with E-state index in [4.69, 9.17) is 10.00 Å². The number of fused-ring (bicyclic) bond motifs is 1. The summed E-state index contributed by atoms with van der Waals surface area (Å²) < 4.78 is 6.84. The SMILES string of the molecule is COc1ccc(N=Nc2nc(CC#N)nc3c2cnn3-c2ccccc2)cc1. The number of aromatic nitrogens is 4. The van der Waals surface area contributed by atoms with E-state index in [-0.39, 0.29) is 6.42 Å². The number of para-hydroxylation sites is 1. The van der Waals surface area contributed by atoms with E-state index in [1.165, 1.54) is 0 Å². The van der Waals surface area contributed by atoms with Crippen LogP contribution in [0.4, 0.5) is 11.5 Å². The zero-order chi connectivity index (χ0) is 19.3. The third-order valence-electron chi connectivity index (χ3n) is 4.03. The van der Waals surface area contributed by atoms with E-state index in [2.05, 4.69) is 31.4 Å². The molecule has 0 amide bonds. The van der Waals surface area contributed by atoms with Crippen LogP contribution < -0.4 is 4.74 Å². The van der Waals surface area contributed by atoms with Crippen LogP contribution in [0.15, 0.2) is 71.0 Å². The van der Waals surface area contributed by atoms with Gasteiger partial charge >= 0.3 is 0 Å². The van der Waals surface area contributed by atoms with Crippen molar-refractivity contribution < 1.29 is 4.74 Å². The summed E-state index contributed by atoms with van der Waals surface area (Å²) in [5, 5.41) is 22.7. The fraction of sp³-hybridized carbons (Fsp3) is 0.100. The largest absolute Gasteiger partial charge is 0.497 e. The minimum absolute atomic E-state index is 0.0704. The van der Waals surface area contributed by atoms with Crippen LogP contribution in [0.2, 0.25) is 0 Å². The van der Waals surface area contributed by atoms with Gasteiger partial charge in [-0.3, -0.25) is 0 Å². The molecule has 0 atom stereocenters. The van der Waals surface area contributed by atoms with E-state index >= 15 is 0 Å². The molecule has 0 spiro atoms. The lowest BCUT2D eigenvalue weighted by molar-refractivity contribution is 0.415. The molecular weight excluding hydrogens is 354 g/mol. The average molecular weight is 369 g/mol. The van der Waals surface area contributed by atoms with E-state index in [9.17, 15) is 0 Å². The van der Waals surface area contributed by atoms with Gasteiger partial charge in [0.15, 0.2) is 11.5 Å². The van der Waals surface area contributed by atoms with Crippen molar-refractivity contribution in [1.82, 2.24) is 19.7 Å². The summed E-state index contributed by atoms with van der Waals surface area (Å²) in [7, 11) is 1.61. The van der Waals surface area contributed by atoms with Gasteiger partial charge < -0.3 is 4.74 Å². The van der Waals surface area contributed by atoms with E-state index < -0.39 is 0 Å². The molecule has 136 valence electrons. The Morgan fingerprint density at radius 3 is 2.54 bits per heavy atom. The molecule has 2 aromatic heterocycles. The summed E-state index contributed by atoms with van der Waals surface area (Å²) >= 11 is 0. The first kappa shape index (κ1) is 17.3. The minimum Gasteiger partial charge on any atom is -0.497 e. The highest BCUT2D eigenvalue weighted by molar-refractivity contribution is 5.85. The number of methoxy groups -OCH3 is 1. The Hall–Kier alpha value is -4.12. The third kappa shape index (κ3) is 3.41. The highest BCUT2D eigenvalue weighted by Crippen LogP contribution is 2.27. The minimum atomic E-state index is 0.0704. The van der Waals surface area contributed by atoms with Crippen molar-refractivity contribution in [2.75, 3.05) is 7.11 Å². The lowest BCUT2D eigenvalue weighted by Crippen LogP contribution is -2.00. The number of rotatable bonds is 5. The molecule has 4 rings (SSSR count). The molecule has 4 aromatic rings. The maximum atomic E-state index is 9.06. The summed E-state index contributed by atoms with van der Waals surface area (Å²) in [5.41, 5.74) is 2.09. The molecule has 0 fully saturated rings. The third-order valence-corrected chi connectivity index (χ3v) is 4.03. The zero-order valence-corrected chi connectivity index (χ0v) is 15.0. The maximum Gasteiger partial charge on any atom is 0.188 e. The van der Waals surface area contributed by atoms with Crippen molar-refractivity contribution in [2.24, 2.45) is 10.2 Å². The standard InChI is InChI=1S/C20H15N7O/c1-28-16-9-7-14(8-10-16)25-26-19-17-13-22-27(15-5-3-2-4-6-15)20(17)24-18(23-19)11-12-21/h2-10,13H,11H2,1H3. The van der Waals surface area contributed by atoms with E-state index in [0.717, 1.165) is 11.4 Å². The molecule has 0 unspecified atom stereocenters. The first-order valence-corrected chi connectivity index (χ1v) is 8.51. The summed E-state index contributed by atoms with van der Waals surface area (Å²) in [5.74, 6) is 1.48. The Kier molecular flexibility index (Phi) is 4.72. The molecule has 28 heavy (non-hydrogen) atoms. The Bertz CT molecular complexity index is 1180. The quantitative estimate of drug-likeness (QED) is 0.488. The molecule has 8 heteroatoms. The fourth-order valence-corrected chi connectivity index (χ4v) is 2.68. The highest BCUT2D eigenvalue weighted by Gasteiger charge is 2.14. The summed E-state index contributed by atoms with van der Waals surface area (Å²) in [6.07, 6.45) is 1.72. The predicted molar refractivity (Wildman–Crippen MR) is 103 cm³/mol. The molecule has 0 aliphatic carbocycles. The lowest BCUT2D eigenvalue weighted by Gasteiger charge is -2.04. The van der Waals surface area contributed by atoms with Gasteiger partial charge in [-0.2, -0.15) is 10.4 Å². The molecule has 2 aromatic carbocycles. The molecule has 0 aliphatic rings. The van der Waals surface area contributed by atoms with Crippen LogP contribution >= 0.6 is 0 Å². The van der Waals surface area contributed by atoms with Crippen LogP contribution in [-0.2, 0) is 6.42 Å². The lowest BCUT2D eigenvalue weighted by atomic mass is 10.3. The average Bonchev–Trinajstić information content (AvgIpc) is 3.17. The second-order valence-corrected chi connectivity index (χ2v) is 5.83. The first-order valence-electron chi connectivity index (χ1n) is 8.51. The van der Waals surface area contributed by atoms with Crippen LogP contribution in [-0.4, -0.2) is 26.9 Å². The molecule has 0 saturated heterocycles. The van der Waals surface area contributed by atoms with Crippen molar-refractivity contribution >= 4 is 22.5 Å². The molecule has 8 nitrogen and oxygen atoms in total. The number of hydrogen-bond donors (Lipinski definition) is 0. The Morgan fingerprint density at radius 1 is 1.04 bits per heavy atom. The van der Waals surface area contributed by atoms with E-state index in [1.807, 2.05) is 30.3 Å². The van der Waals surface area contributed by atoms with Crippen LogP contribution in [0, 0.1) is 11.3 Å². The highest BCUT2D eigenvalue weighted by atomic mass is 16.5. The van der Waals surface area contributed by atoms with Crippen molar-refractivity contribution in [3.05, 3.63) is 66.6 Å². The molecule has 0 saturated carbocycles. The molecule has 2 heterocycles. The number of ether oxygens (including phenoxy) is 1. The van der Waals surface area contributed by atoms with Gasteiger partial charge in [-0.1, -0.05) is 18.2 Å². The zero-order valence-electron chi connectivity index (χ0n) is 15.0. The van der Waals surface area contributed by atoms with E-state index in [1.54, 1.807) is 42.3 Å². The first-order chi connectivity index (χ1) is 13.8. The van der Waals surface area contributed by atoms with E-state index in [0.29, 0.717) is 28.4 Å². The maximum absolute atomic E-state index is 9.06. The van der Waals surface area contributed by atoms with Gasteiger partial charge in [0, 0.05) is 0 Å².